The first-order valence-corrected chi connectivity index (χ1v) is 10.0. The molecule has 1 aliphatic rings. The molecule has 2 aromatic heterocycles. The van der Waals surface area contributed by atoms with E-state index in [2.05, 4.69) is 10.5 Å². The standard InChI is InChI=1S/C22H16Cl2N2O3/c23-15-10-25-11-16(24)20(15)21(12-8-9-12)29-26-22(27)14-5-3-7-18-19(14)13-4-1-2-6-17(13)28-18/h1-7,10-12,21H,8-9H2,(H,26,27). The molecule has 7 heteroatoms. The van der Waals surface area contributed by atoms with E-state index in [1.54, 1.807) is 12.1 Å². The van der Waals surface area contributed by atoms with Crippen LogP contribution >= 0.6 is 23.2 Å². The number of hydrogen-bond donors (Lipinski definition) is 1. The molecule has 4 aromatic rings. The molecule has 1 saturated carbocycles. The molecule has 1 N–H and O–H groups in total. The minimum atomic E-state index is -0.428. The largest absolute Gasteiger partial charge is 0.456 e. The third-order valence-corrected chi connectivity index (χ3v) is 5.75. The normalized spacial score (nSPS) is 15.0. The number of para-hydroxylation sites is 1. The Balaban J connectivity index is 1.46. The smallest absolute Gasteiger partial charge is 0.275 e. The maximum Gasteiger partial charge on any atom is 0.275 e. The van der Waals surface area contributed by atoms with E-state index in [1.165, 1.54) is 12.4 Å². The zero-order chi connectivity index (χ0) is 20.0. The van der Waals surface area contributed by atoms with Gasteiger partial charge < -0.3 is 4.42 Å². The summed E-state index contributed by atoms with van der Waals surface area (Å²) in [4.78, 5) is 22.8. The fourth-order valence-electron chi connectivity index (χ4n) is 3.62. The summed E-state index contributed by atoms with van der Waals surface area (Å²) in [6.45, 7) is 0. The zero-order valence-corrected chi connectivity index (χ0v) is 16.7. The maximum absolute atomic E-state index is 13.0. The molecule has 0 radical (unpaired) electrons. The molecule has 2 heterocycles. The van der Waals surface area contributed by atoms with Gasteiger partial charge in [-0.05, 0) is 37.0 Å². The Morgan fingerprint density at radius 3 is 2.55 bits per heavy atom. The number of pyridine rings is 1. The third-order valence-electron chi connectivity index (χ3n) is 5.15. The average Bonchev–Trinajstić information content (AvgIpc) is 3.49. The Hall–Kier alpha value is -2.60. The second-order valence-corrected chi connectivity index (χ2v) is 7.92. The van der Waals surface area contributed by atoms with Crippen LogP contribution in [-0.4, -0.2) is 10.9 Å². The number of halogens is 2. The van der Waals surface area contributed by atoms with Crippen molar-refractivity contribution in [2.45, 2.75) is 18.9 Å². The van der Waals surface area contributed by atoms with E-state index in [0.717, 1.165) is 29.2 Å². The van der Waals surface area contributed by atoms with Crippen molar-refractivity contribution in [2.75, 3.05) is 0 Å². The van der Waals surface area contributed by atoms with Crippen LogP contribution in [0, 0.1) is 5.92 Å². The first kappa shape index (κ1) is 18.4. The molecular weight excluding hydrogens is 411 g/mol. The molecular formula is C22H16Cl2N2O3. The topological polar surface area (TPSA) is 64.4 Å². The predicted molar refractivity (Wildman–Crippen MR) is 112 cm³/mol. The number of amides is 1. The highest BCUT2D eigenvalue weighted by Crippen LogP contribution is 2.46. The van der Waals surface area contributed by atoms with Gasteiger partial charge in [-0.3, -0.25) is 14.6 Å². The minimum Gasteiger partial charge on any atom is -0.456 e. The number of nitrogens with one attached hydrogen (secondary N) is 1. The zero-order valence-electron chi connectivity index (χ0n) is 15.2. The first-order valence-electron chi connectivity index (χ1n) is 9.28. The van der Waals surface area contributed by atoms with Crippen LogP contribution in [-0.2, 0) is 4.84 Å². The average molecular weight is 427 g/mol. The molecule has 1 unspecified atom stereocenters. The lowest BCUT2D eigenvalue weighted by Crippen LogP contribution is -2.27. The number of hydroxylamine groups is 1. The SMILES string of the molecule is O=C(NOC(c1c(Cl)cncc1Cl)C1CC1)c1cccc2oc3ccccc3c12. The summed E-state index contributed by atoms with van der Waals surface area (Å²) in [6, 6.07) is 13.0. The van der Waals surface area contributed by atoms with E-state index in [1.807, 2.05) is 30.3 Å². The third kappa shape index (κ3) is 3.35. The Morgan fingerprint density at radius 2 is 1.79 bits per heavy atom. The van der Waals surface area contributed by atoms with Crippen molar-refractivity contribution in [1.82, 2.24) is 10.5 Å². The minimum absolute atomic E-state index is 0.248. The van der Waals surface area contributed by atoms with Crippen LogP contribution in [0.1, 0.15) is 34.9 Å². The number of fused-ring (bicyclic) bond motifs is 3. The number of hydrogen-bond acceptors (Lipinski definition) is 4. The number of rotatable bonds is 5. The number of carbonyl (C=O) groups excluding carboxylic acids is 1. The van der Waals surface area contributed by atoms with Gasteiger partial charge in [0.2, 0.25) is 0 Å². The summed E-state index contributed by atoms with van der Waals surface area (Å²) in [5, 5.41) is 2.48. The Labute approximate surface area is 176 Å². The number of carbonyl (C=O) groups is 1. The molecule has 0 aliphatic heterocycles. The summed E-state index contributed by atoms with van der Waals surface area (Å²) in [6.07, 6.45) is 4.60. The predicted octanol–water partition coefficient (Wildman–Crippen LogP) is 6.10. The molecule has 1 fully saturated rings. The van der Waals surface area contributed by atoms with Gasteiger partial charge in [-0.15, -0.1) is 0 Å². The van der Waals surface area contributed by atoms with Crippen LogP contribution in [0.2, 0.25) is 10.0 Å². The van der Waals surface area contributed by atoms with E-state index >= 15 is 0 Å². The van der Waals surface area contributed by atoms with Crippen molar-refractivity contribution in [3.63, 3.8) is 0 Å². The molecule has 5 nitrogen and oxygen atoms in total. The van der Waals surface area contributed by atoms with Crippen molar-refractivity contribution in [2.24, 2.45) is 5.92 Å². The highest BCUT2D eigenvalue weighted by atomic mass is 35.5. The quantitative estimate of drug-likeness (QED) is 0.391. The van der Waals surface area contributed by atoms with Crippen molar-refractivity contribution >= 4 is 51.0 Å². The summed E-state index contributed by atoms with van der Waals surface area (Å²) in [5.74, 6) is -0.104. The van der Waals surface area contributed by atoms with Gasteiger partial charge in [0.1, 0.15) is 17.3 Å². The molecule has 1 aliphatic carbocycles. The molecule has 0 saturated heterocycles. The second-order valence-electron chi connectivity index (χ2n) is 7.10. The van der Waals surface area contributed by atoms with Crippen molar-refractivity contribution in [1.29, 1.82) is 0 Å². The van der Waals surface area contributed by atoms with Gasteiger partial charge in [0.05, 0.1) is 15.6 Å². The molecule has 2 aromatic carbocycles. The summed E-state index contributed by atoms with van der Waals surface area (Å²) < 4.78 is 5.86. The first-order chi connectivity index (χ1) is 14.1. The van der Waals surface area contributed by atoms with E-state index in [4.69, 9.17) is 32.5 Å². The van der Waals surface area contributed by atoms with E-state index in [-0.39, 0.29) is 11.8 Å². The Kier molecular flexibility index (Phi) is 4.66. The number of nitrogens with zero attached hydrogens (tertiary/aromatic N) is 1. The van der Waals surface area contributed by atoms with Crippen LogP contribution < -0.4 is 5.48 Å². The van der Waals surface area contributed by atoms with Crippen LogP contribution in [0.15, 0.2) is 59.3 Å². The highest BCUT2D eigenvalue weighted by Gasteiger charge is 2.37. The Morgan fingerprint density at radius 1 is 1.07 bits per heavy atom. The molecule has 0 spiro atoms. The monoisotopic (exact) mass is 426 g/mol. The van der Waals surface area contributed by atoms with E-state index < -0.39 is 6.10 Å². The van der Waals surface area contributed by atoms with Gasteiger partial charge in [0, 0.05) is 28.7 Å². The van der Waals surface area contributed by atoms with Crippen LogP contribution in [0.5, 0.6) is 0 Å². The molecule has 146 valence electrons. The van der Waals surface area contributed by atoms with Gasteiger partial charge in [-0.2, -0.15) is 0 Å². The van der Waals surface area contributed by atoms with Crippen molar-refractivity contribution < 1.29 is 14.0 Å². The summed E-state index contributed by atoms with van der Waals surface area (Å²) >= 11 is 12.6. The highest BCUT2D eigenvalue weighted by molar-refractivity contribution is 6.35. The lowest BCUT2D eigenvalue weighted by molar-refractivity contribution is -0.0276. The number of benzene rings is 2. The van der Waals surface area contributed by atoms with Gasteiger partial charge in [-0.1, -0.05) is 47.5 Å². The summed E-state index contributed by atoms with van der Waals surface area (Å²) in [5.41, 5.74) is 5.12. The van der Waals surface area contributed by atoms with Crippen LogP contribution in [0.3, 0.4) is 0 Å². The van der Waals surface area contributed by atoms with Gasteiger partial charge in [0.25, 0.3) is 5.91 Å². The van der Waals surface area contributed by atoms with E-state index in [0.29, 0.717) is 26.8 Å². The van der Waals surface area contributed by atoms with Gasteiger partial charge >= 0.3 is 0 Å². The molecule has 29 heavy (non-hydrogen) atoms. The number of aromatic nitrogens is 1. The fraction of sp³-hybridized carbons (Fsp3) is 0.182. The van der Waals surface area contributed by atoms with Crippen LogP contribution in [0.4, 0.5) is 0 Å². The molecule has 1 atom stereocenters. The summed E-state index contributed by atoms with van der Waals surface area (Å²) in [7, 11) is 0. The number of furan rings is 1. The van der Waals surface area contributed by atoms with Crippen molar-refractivity contribution in [3.05, 3.63) is 76.0 Å². The molecule has 5 rings (SSSR count). The molecule has 0 bridgehead atoms. The van der Waals surface area contributed by atoms with E-state index in [9.17, 15) is 4.79 Å². The molecule has 1 amide bonds. The van der Waals surface area contributed by atoms with Crippen molar-refractivity contribution in [3.8, 4) is 0 Å². The van der Waals surface area contributed by atoms with Gasteiger partial charge in [0.15, 0.2) is 0 Å². The lowest BCUT2D eigenvalue weighted by atomic mass is 10.1. The van der Waals surface area contributed by atoms with Gasteiger partial charge in [-0.25, -0.2) is 5.48 Å². The fourth-order valence-corrected chi connectivity index (χ4v) is 4.20. The lowest BCUT2D eigenvalue weighted by Gasteiger charge is -2.20. The van der Waals surface area contributed by atoms with Crippen LogP contribution in [0.25, 0.3) is 21.9 Å². The Bertz CT molecular complexity index is 1210. The maximum atomic E-state index is 13.0. The second kappa shape index (κ2) is 7.34.